The number of aromatic nitrogens is 2. The number of nitrogens with one attached hydrogen (secondary N) is 1. The van der Waals surface area contributed by atoms with Crippen LogP contribution in [0.2, 0.25) is 0 Å². The van der Waals surface area contributed by atoms with Crippen LogP contribution >= 0.6 is 11.5 Å². The minimum absolute atomic E-state index is 0.126. The zero-order valence-electron chi connectivity index (χ0n) is 8.12. The molecule has 0 aliphatic carbocycles. The SMILES string of the molecule is O=C(NC1COCC1C(=O)O)c1cnns1. The molecule has 7 nitrogen and oxygen atoms in total. The van der Waals surface area contributed by atoms with Crippen LogP contribution in [0.3, 0.4) is 0 Å². The molecule has 1 aromatic rings. The van der Waals surface area contributed by atoms with Gasteiger partial charge in [-0.15, -0.1) is 5.10 Å². The van der Waals surface area contributed by atoms with Gasteiger partial charge in [0.15, 0.2) is 0 Å². The number of carbonyl (C=O) groups excluding carboxylic acids is 1. The number of carboxylic acid groups (broad SMARTS) is 1. The van der Waals surface area contributed by atoms with Crippen LogP contribution < -0.4 is 5.32 Å². The van der Waals surface area contributed by atoms with E-state index < -0.39 is 17.9 Å². The van der Waals surface area contributed by atoms with Gasteiger partial charge < -0.3 is 15.2 Å². The Balaban J connectivity index is 1.99. The summed E-state index contributed by atoms with van der Waals surface area (Å²) in [6.45, 7) is 0.343. The van der Waals surface area contributed by atoms with Crippen LogP contribution in [-0.4, -0.2) is 45.8 Å². The molecule has 2 N–H and O–H groups in total. The highest BCUT2D eigenvalue weighted by atomic mass is 32.1. The first kappa shape index (κ1) is 11.0. The fourth-order valence-electron chi connectivity index (χ4n) is 1.45. The van der Waals surface area contributed by atoms with Crippen molar-refractivity contribution in [2.45, 2.75) is 6.04 Å². The molecular weight excluding hydrogens is 234 g/mol. The minimum atomic E-state index is -0.967. The maximum absolute atomic E-state index is 11.6. The predicted octanol–water partition coefficient (Wildman–Crippen LogP) is -0.633. The number of ether oxygens (including phenoxy) is 1. The molecule has 0 radical (unpaired) electrons. The third-order valence-electron chi connectivity index (χ3n) is 2.30. The van der Waals surface area contributed by atoms with Gasteiger partial charge in [-0.05, 0) is 11.5 Å². The first-order valence-electron chi connectivity index (χ1n) is 4.57. The van der Waals surface area contributed by atoms with Crippen molar-refractivity contribution in [3.05, 3.63) is 11.1 Å². The summed E-state index contributed by atoms with van der Waals surface area (Å²) in [5, 5.41) is 15.0. The number of rotatable bonds is 3. The second kappa shape index (κ2) is 4.54. The molecule has 2 atom stereocenters. The van der Waals surface area contributed by atoms with Crippen molar-refractivity contribution in [2.75, 3.05) is 13.2 Å². The number of carbonyl (C=O) groups is 2. The van der Waals surface area contributed by atoms with Crippen molar-refractivity contribution in [2.24, 2.45) is 5.92 Å². The molecule has 1 saturated heterocycles. The molecule has 8 heteroatoms. The average molecular weight is 243 g/mol. The Hall–Kier alpha value is -1.54. The number of nitrogens with zero attached hydrogens (tertiary/aromatic N) is 2. The molecule has 2 unspecified atom stereocenters. The zero-order valence-corrected chi connectivity index (χ0v) is 8.94. The molecule has 2 rings (SSSR count). The molecule has 0 spiro atoms. The van der Waals surface area contributed by atoms with Gasteiger partial charge in [-0.1, -0.05) is 4.49 Å². The molecule has 1 aromatic heterocycles. The van der Waals surface area contributed by atoms with Gasteiger partial charge in [0.1, 0.15) is 10.8 Å². The highest BCUT2D eigenvalue weighted by molar-refractivity contribution is 7.07. The first-order valence-corrected chi connectivity index (χ1v) is 5.34. The third-order valence-corrected chi connectivity index (χ3v) is 2.96. The van der Waals surface area contributed by atoms with E-state index in [1.807, 2.05) is 0 Å². The Kier molecular flexibility index (Phi) is 3.11. The van der Waals surface area contributed by atoms with Crippen molar-refractivity contribution in [1.82, 2.24) is 14.9 Å². The minimum Gasteiger partial charge on any atom is -0.481 e. The number of hydrogen-bond donors (Lipinski definition) is 2. The standard InChI is InChI=1S/C8H9N3O4S/c12-7(6-1-9-11-16-6)10-5-3-15-2-4(5)8(13)14/h1,4-5H,2-3H2,(H,10,12)(H,13,14). The fourth-order valence-corrected chi connectivity index (χ4v) is 1.87. The van der Waals surface area contributed by atoms with Crippen molar-refractivity contribution in [3.8, 4) is 0 Å². The van der Waals surface area contributed by atoms with Gasteiger partial charge in [-0.3, -0.25) is 9.59 Å². The smallest absolute Gasteiger partial charge is 0.311 e. The second-order valence-corrected chi connectivity index (χ2v) is 4.13. The molecule has 1 amide bonds. The topological polar surface area (TPSA) is 101 Å². The quantitative estimate of drug-likeness (QED) is 0.732. The molecule has 0 aromatic carbocycles. The summed E-state index contributed by atoms with van der Waals surface area (Å²) in [7, 11) is 0. The van der Waals surface area contributed by atoms with Crippen LogP contribution in [0.15, 0.2) is 6.20 Å². The Morgan fingerprint density at radius 3 is 3.00 bits per heavy atom. The van der Waals surface area contributed by atoms with Gasteiger partial charge in [0.05, 0.1) is 25.5 Å². The van der Waals surface area contributed by atoms with E-state index in [1.54, 1.807) is 0 Å². The van der Waals surface area contributed by atoms with Crippen LogP contribution in [0.5, 0.6) is 0 Å². The highest BCUT2D eigenvalue weighted by Crippen LogP contribution is 2.14. The highest BCUT2D eigenvalue weighted by Gasteiger charge is 2.35. The van der Waals surface area contributed by atoms with Crippen molar-refractivity contribution in [3.63, 3.8) is 0 Å². The van der Waals surface area contributed by atoms with Crippen LogP contribution in [0.4, 0.5) is 0 Å². The lowest BCUT2D eigenvalue weighted by Crippen LogP contribution is -2.42. The molecule has 1 aliphatic rings. The molecule has 86 valence electrons. The summed E-state index contributed by atoms with van der Waals surface area (Å²) in [5.74, 6) is -2.02. The summed E-state index contributed by atoms with van der Waals surface area (Å²) in [6, 6.07) is -0.493. The van der Waals surface area contributed by atoms with E-state index >= 15 is 0 Å². The van der Waals surface area contributed by atoms with Gasteiger partial charge in [-0.2, -0.15) is 0 Å². The lowest BCUT2D eigenvalue weighted by atomic mass is 10.0. The molecule has 16 heavy (non-hydrogen) atoms. The van der Waals surface area contributed by atoms with Gasteiger partial charge in [0, 0.05) is 0 Å². The Morgan fingerprint density at radius 1 is 1.56 bits per heavy atom. The van der Waals surface area contributed by atoms with E-state index in [1.165, 1.54) is 6.20 Å². The first-order chi connectivity index (χ1) is 7.68. The maximum atomic E-state index is 11.6. The van der Waals surface area contributed by atoms with E-state index in [-0.39, 0.29) is 19.1 Å². The molecule has 2 heterocycles. The molecular formula is C8H9N3O4S. The fraction of sp³-hybridized carbons (Fsp3) is 0.500. The van der Waals surface area contributed by atoms with Gasteiger partial charge in [-0.25, -0.2) is 0 Å². The number of hydrogen-bond acceptors (Lipinski definition) is 6. The van der Waals surface area contributed by atoms with Crippen LogP contribution in [0.25, 0.3) is 0 Å². The summed E-state index contributed by atoms with van der Waals surface area (Å²) in [4.78, 5) is 22.8. The molecule has 1 aliphatic heterocycles. The van der Waals surface area contributed by atoms with Gasteiger partial charge in [0.2, 0.25) is 0 Å². The number of carboxylic acids is 1. The summed E-state index contributed by atoms with van der Waals surface area (Å²) < 4.78 is 8.58. The van der Waals surface area contributed by atoms with Crippen LogP contribution in [-0.2, 0) is 9.53 Å². The van der Waals surface area contributed by atoms with E-state index in [0.717, 1.165) is 11.5 Å². The predicted molar refractivity (Wildman–Crippen MR) is 53.1 cm³/mol. The number of aliphatic carboxylic acids is 1. The van der Waals surface area contributed by atoms with Gasteiger partial charge in [0.25, 0.3) is 5.91 Å². The maximum Gasteiger partial charge on any atom is 0.311 e. The molecule has 0 saturated carbocycles. The van der Waals surface area contributed by atoms with E-state index in [4.69, 9.17) is 9.84 Å². The zero-order chi connectivity index (χ0) is 11.5. The Morgan fingerprint density at radius 2 is 2.38 bits per heavy atom. The summed E-state index contributed by atoms with van der Waals surface area (Å²) in [5.41, 5.74) is 0. The monoisotopic (exact) mass is 243 g/mol. The Bertz CT molecular complexity index is 394. The van der Waals surface area contributed by atoms with E-state index in [9.17, 15) is 9.59 Å². The third kappa shape index (κ3) is 2.17. The summed E-state index contributed by atoms with van der Waals surface area (Å²) >= 11 is 0.963. The lowest BCUT2D eigenvalue weighted by Gasteiger charge is -2.14. The molecule has 1 fully saturated rings. The largest absolute Gasteiger partial charge is 0.481 e. The normalized spacial score (nSPS) is 24.2. The van der Waals surface area contributed by atoms with Crippen molar-refractivity contribution >= 4 is 23.4 Å². The average Bonchev–Trinajstić information content (AvgIpc) is 2.86. The second-order valence-electron chi connectivity index (χ2n) is 3.34. The van der Waals surface area contributed by atoms with Gasteiger partial charge >= 0.3 is 5.97 Å². The number of amides is 1. The lowest BCUT2D eigenvalue weighted by molar-refractivity contribution is -0.142. The van der Waals surface area contributed by atoms with E-state index in [2.05, 4.69) is 14.9 Å². The van der Waals surface area contributed by atoms with Crippen LogP contribution in [0.1, 0.15) is 9.67 Å². The van der Waals surface area contributed by atoms with Crippen molar-refractivity contribution < 1.29 is 19.4 Å². The summed E-state index contributed by atoms with van der Waals surface area (Å²) in [6.07, 6.45) is 1.34. The Labute approximate surface area is 94.6 Å². The van der Waals surface area contributed by atoms with Crippen molar-refractivity contribution in [1.29, 1.82) is 0 Å². The molecule has 0 bridgehead atoms. The van der Waals surface area contributed by atoms with E-state index in [0.29, 0.717) is 4.88 Å². The van der Waals surface area contributed by atoms with Crippen LogP contribution in [0, 0.1) is 5.92 Å².